The zero-order chi connectivity index (χ0) is 23.6. The summed E-state index contributed by atoms with van der Waals surface area (Å²) in [5.74, 6) is 1.07. The summed E-state index contributed by atoms with van der Waals surface area (Å²) in [5.41, 5.74) is -1.64. The molecule has 0 aromatic heterocycles. The highest BCUT2D eigenvalue weighted by Crippen LogP contribution is 2.57. The second-order valence-electron chi connectivity index (χ2n) is 11.2. The molecule has 2 amide bonds. The molecule has 0 spiro atoms. The van der Waals surface area contributed by atoms with Crippen molar-refractivity contribution >= 4 is 18.0 Å². The number of nitrogens with zero attached hydrogens (tertiary/aromatic N) is 1. The van der Waals surface area contributed by atoms with Gasteiger partial charge in [0.15, 0.2) is 0 Å². The summed E-state index contributed by atoms with van der Waals surface area (Å²) in [6, 6.07) is 0. The molecule has 4 atom stereocenters. The number of methoxy groups -OCH3 is 1. The largest absolute Gasteiger partial charge is 0.469 e. The van der Waals surface area contributed by atoms with Crippen LogP contribution in [0, 0.1) is 28.6 Å². The Hall–Kier alpha value is -1.79. The van der Waals surface area contributed by atoms with Crippen LogP contribution in [0.4, 0.5) is 4.79 Å². The van der Waals surface area contributed by atoms with Gasteiger partial charge in [-0.1, -0.05) is 13.3 Å². The van der Waals surface area contributed by atoms with E-state index < -0.39 is 17.1 Å². The Labute approximate surface area is 187 Å². The predicted molar refractivity (Wildman–Crippen MR) is 119 cm³/mol. The zero-order valence-electron chi connectivity index (χ0n) is 20.7. The molecule has 7 nitrogen and oxygen atoms in total. The van der Waals surface area contributed by atoms with Gasteiger partial charge in [0.2, 0.25) is 5.91 Å². The van der Waals surface area contributed by atoms with Gasteiger partial charge in [-0.05, 0) is 78.1 Å². The van der Waals surface area contributed by atoms with Gasteiger partial charge < -0.3 is 19.7 Å². The van der Waals surface area contributed by atoms with Crippen LogP contribution in [-0.2, 0) is 19.1 Å². The molecule has 2 bridgehead atoms. The Morgan fingerprint density at radius 2 is 1.77 bits per heavy atom. The number of fused-ring (bicyclic) bond motifs is 2. The molecule has 2 saturated carbocycles. The van der Waals surface area contributed by atoms with Crippen molar-refractivity contribution in [2.45, 2.75) is 79.2 Å². The maximum atomic E-state index is 13.0. The predicted octanol–water partition coefficient (Wildman–Crippen LogP) is 4.00. The van der Waals surface area contributed by atoms with Crippen molar-refractivity contribution in [3.8, 4) is 0 Å². The number of carbonyl (C=O) groups is 3. The third kappa shape index (κ3) is 5.92. The van der Waals surface area contributed by atoms with E-state index in [-0.39, 0.29) is 23.8 Å². The molecule has 0 heterocycles. The van der Waals surface area contributed by atoms with Crippen molar-refractivity contribution in [3.05, 3.63) is 0 Å². The fourth-order valence-corrected chi connectivity index (χ4v) is 5.54. The minimum absolute atomic E-state index is 0.0674. The van der Waals surface area contributed by atoms with Crippen LogP contribution in [0.25, 0.3) is 0 Å². The number of esters is 1. The average Bonchev–Trinajstić information content (AvgIpc) is 3.03. The Morgan fingerprint density at radius 3 is 2.32 bits per heavy atom. The molecule has 0 radical (unpaired) electrons. The van der Waals surface area contributed by atoms with E-state index in [1.807, 2.05) is 34.6 Å². The molecule has 0 aromatic carbocycles. The van der Waals surface area contributed by atoms with Gasteiger partial charge in [0, 0.05) is 20.1 Å². The monoisotopic (exact) mass is 438 g/mol. The van der Waals surface area contributed by atoms with E-state index in [4.69, 9.17) is 9.47 Å². The fraction of sp³-hybridized carbons (Fsp3) is 0.875. The van der Waals surface area contributed by atoms with Gasteiger partial charge in [-0.2, -0.15) is 0 Å². The van der Waals surface area contributed by atoms with Gasteiger partial charge in [0.1, 0.15) is 5.60 Å². The number of nitrogens with one attached hydrogen (secondary N) is 1. The molecule has 0 aromatic rings. The van der Waals surface area contributed by atoms with Crippen LogP contribution in [0.5, 0.6) is 0 Å². The maximum Gasteiger partial charge on any atom is 0.410 e. The van der Waals surface area contributed by atoms with Crippen molar-refractivity contribution in [3.63, 3.8) is 0 Å². The number of amides is 2. The third-order valence-electron chi connectivity index (χ3n) is 7.10. The second kappa shape index (κ2) is 9.37. The van der Waals surface area contributed by atoms with E-state index in [0.29, 0.717) is 24.3 Å². The topological polar surface area (TPSA) is 84.9 Å². The van der Waals surface area contributed by atoms with Gasteiger partial charge in [-0.3, -0.25) is 9.59 Å². The molecular formula is C24H42N2O5. The van der Waals surface area contributed by atoms with Gasteiger partial charge in [-0.25, -0.2) is 4.79 Å². The lowest BCUT2D eigenvalue weighted by Gasteiger charge is -2.41. The Morgan fingerprint density at radius 1 is 1.13 bits per heavy atom. The van der Waals surface area contributed by atoms with Crippen molar-refractivity contribution in [2.24, 2.45) is 28.6 Å². The first-order chi connectivity index (χ1) is 14.2. The van der Waals surface area contributed by atoms with Crippen molar-refractivity contribution in [1.82, 2.24) is 10.2 Å². The zero-order valence-corrected chi connectivity index (χ0v) is 20.7. The Bertz CT molecular complexity index is 684. The highest BCUT2D eigenvalue weighted by molar-refractivity contribution is 5.82. The summed E-state index contributed by atoms with van der Waals surface area (Å²) in [6.45, 7) is 12.2. The highest BCUT2D eigenvalue weighted by atomic mass is 16.6. The lowest BCUT2D eigenvalue weighted by atomic mass is 9.64. The van der Waals surface area contributed by atoms with Crippen molar-refractivity contribution in [1.29, 1.82) is 0 Å². The normalized spacial score (nSPS) is 28.1. The van der Waals surface area contributed by atoms with Crippen molar-refractivity contribution in [2.75, 3.05) is 27.2 Å². The van der Waals surface area contributed by atoms with E-state index in [1.165, 1.54) is 12.0 Å². The summed E-state index contributed by atoms with van der Waals surface area (Å²) >= 11 is 0. The minimum atomic E-state index is -0.743. The van der Waals surface area contributed by atoms with Crippen LogP contribution in [0.3, 0.4) is 0 Å². The van der Waals surface area contributed by atoms with E-state index in [2.05, 4.69) is 12.2 Å². The molecule has 1 N–H and O–H groups in total. The van der Waals surface area contributed by atoms with E-state index in [1.54, 1.807) is 7.05 Å². The summed E-state index contributed by atoms with van der Waals surface area (Å²) < 4.78 is 10.5. The van der Waals surface area contributed by atoms with Gasteiger partial charge >= 0.3 is 12.1 Å². The lowest BCUT2D eigenvalue weighted by Crippen LogP contribution is -2.49. The molecule has 2 rings (SSSR count). The summed E-state index contributed by atoms with van der Waals surface area (Å²) in [6.07, 6.45) is 4.16. The fourth-order valence-electron chi connectivity index (χ4n) is 5.54. The first kappa shape index (κ1) is 25.5. The minimum Gasteiger partial charge on any atom is -0.469 e. The SMILES string of the molecule is CCC1CC2(C(=O)OC)CCC(C2)[C@H]1CNC(=O)C(C)(C)CN(C)C(=O)OC(C)(C)C. The molecule has 2 aliphatic carbocycles. The number of rotatable bonds is 7. The smallest absolute Gasteiger partial charge is 0.410 e. The van der Waals surface area contributed by atoms with Crippen LogP contribution in [0.15, 0.2) is 0 Å². The highest BCUT2D eigenvalue weighted by Gasteiger charge is 2.54. The van der Waals surface area contributed by atoms with E-state index in [9.17, 15) is 14.4 Å². The number of hydrogen-bond acceptors (Lipinski definition) is 5. The summed E-state index contributed by atoms with van der Waals surface area (Å²) in [5, 5.41) is 3.15. The molecule has 2 fully saturated rings. The maximum absolute atomic E-state index is 13.0. The first-order valence-electron chi connectivity index (χ1n) is 11.6. The molecule has 31 heavy (non-hydrogen) atoms. The molecule has 178 valence electrons. The first-order valence-corrected chi connectivity index (χ1v) is 11.6. The number of ether oxygens (including phenoxy) is 2. The van der Waals surface area contributed by atoms with Gasteiger partial charge in [-0.15, -0.1) is 0 Å². The van der Waals surface area contributed by atoms with Crippen LogP contribution in [0.1, 0.15) is 73.6 Å². The molecule has 2 aliphatic rings. The Balaban J connectivity index is 1.96. The van der Waals surface area contributed by atoms with Gasteiger partial charge in [0.25, 0.3) is 0 Å². The standard InChI is InChI=1S/C24H42N2O5/c1-9-16-12-24(20(28)30-8)11-10-17(13-24)18(16)14-25-19(27)23(5,6)15-26(7)21(29)31-22(2,3)4/h16-18H,9-15H2,1-8H3,(H,25,27)/t16?,17?,18-,24?/m0/s1. The molecule has 0 aliphatic heterocycles. The number of hydrogen-bond donors (Lipinski definition) is 1. The summed E-state index contributed by atoms with van der Waals surface area (Å²) in [4.78, 5) is 39.2. The molecule has 3 unspecified atom stereocenters. The van der Waals surface area contributed by atoms with Crippen LogP contribution < -0.4 is 5.32 Å². The van der Waals surface area contributed by atoms with Crippen LogP contribution >= 0.6 is 0 Å². The van der Waals surface area contributed by atoms with Crippen molar-refractivity contribution < 1.29 is 23.9 Å². The number of carbonyl (C=O) groups excluding carboxylic acids is 3. The van der Waals surface area contributed by atoms with Crippen LogP contribution in [-0.4, -0.2) is 55.7 Å². The quantitative estimate of drug-likeness (QED) is 0.607. The summed E-state index contributed by atoms with van der Waals surface area (Å²) in [7, 11) is 3.14. The third-order valence-corrected chi connectivity index (χ3v) is 7.10. The van der Waals surface area contributed by atoms with E-state index >= 15 is 0 Å². The molecule has 0 saturated heterocycles. The second-order valence-corrected chi connectivity index (χ2v) is 11.2. The average molecular weight is 439 g/mol. The molecular weight excluding hydrogens is 396 g/mol. The van der Waals surface area contributed by atoms with Gasteiger partial charge in [0.05, 0.1) is 17.9 Å². The Kier molecular flexibility index (Phi) is 7.70. The molecule has 7 heteroatoms. The lowest BCUT2D eigenvalue weighted by molar-refractivity contribution is -0.156. The van der Waals surface area contributed by atoms with Crippen LogP contribution in [0.2, 0.25) is 0 Å². The van der Waals surface area contributed by atoms with E-state index in [0.717, 1.165) is 32.1 Å².